The number of pyridine rings is 1. The summed E-state index contributed by atoms with van der Waals surface area (Å²) in [5, 5.41) is 11.4. The molecule has 0 aliphatic heterocycles. The Hall–Kier alpha value is -1.00. The lowest BCUT2D eigenvalue weighted by molar-refractivity contribution is -0.613. The van der Waals surface area contributed by atoms with Crippen molar-refractivity contribution in [3.8, 4) is 5.75 Å². The Morgan fingerprint density at radius 1 is 1.44 bits per heavy atom. The normalized spacial score (nSPS) is 10.4. The molecule has 0 atom stereocenters. The molecule has 0 bridgehead atoms. The largest absolute Gasteiger partial charge is 0.618 e. The second-order valence-electron chi connectivity index (χ2n) is 3.41. The van der Waals surface area contributed by atoms with Crippen molar-refractivity contribution in [1.82, 2.24) is 0 Å². The molecule has 0 radical (unpaired) electrons. The van der Waals surface area contributed by atoms with Gasteiger partial charge in [-0.15, -0.1) is 11.6 Å². The second-order valence-corrected chi connectivity index (χ2v) is 3.67. The van der Waals surface area contributed by atoms with Crippen molar-refractivity contribution >= 4 is 11.6 Å². The van der Waals surface area contributed by atoms with E-state index in [1.807, 2.05) is 6.92 Å². The van der Waals surface area contributed by atoms with Crippen LogP contribution >= 0.6 is 11.6 Å². The SMILES string of the molecule is COCCCOc1cc[n+]([O-])c(CCl)c1C. The monoisotopic (exact) mass is 245 g/mol. The van der Waals surface area contributed by atoms with E-state index in [0.29, 0.717) is 24.7 Å². The number of rotatable bonds is 6. The maximum Gasteiger partial charge on any atom is 0.214 e. The molecule has 16 heavy (non-hydrogen) atoms. The van der Waals surface area contributed by atoms with Crippen LogP contribution in [0.1, 0.15) is 17.7 Å². The lowest BCUT2D eigenvalue weighted by Crippen LogP contribution is -2.31. The van der Waals surface area contributed by atoms with Crippen molar-refractivity contribution in [3.05, 3.63) is 28.7 Å². The molecule has 0 spiro atoms. The van der Waals surface area contributed by atoms with Crippen LogP contribution in [0.4, 0.5) is 0 Å². The van der Waals surface area contributed by atoms with Gasteiger partial charge in [-0.3, -0.25) is 0 Å². The zero-order valence-electron chi connectivity index (χ0n) is 9.53. The Kier molecular flexibility index (Phi) is 5.35. The highest BCUT2D eigenvalue weighted by Gasteiger charge is 2.13. The van der Waals surface area contributed by atoms with E-state index in [0.717, 1.165) is 16.7 Å². The smallest absolute Gasteiger partial charge is 0.214 e. The molecule has 0 saturated heterocycles. The van der Waals surface area contributed by atoms with Crippen molar-refractivity contribution in [3.63, 3.8) is 0 Å². The third kappa shape index (κ3) is 3.25. The zero-order valence-corrected chi connectivity index (χ0v) is 10.3. The molecular weight excluding hydrogens is 230 g/mol. The summed E-state index contributed by atoms with van der Waals surface area (Å²) in [6.07, 6.45) is 2.23. The number of hydrogen-bond acceptors (Lipinski definition) is 3. The summed E-state index contributed by atoms with van der Waals surface area (Å²) in [5.41, 5.74) is 1.33. The van der Waals surface area contributed by atoms with Gasteiger partial charge in [0.15, 0.2) is 6.20 Å². The first-order valence-corrected chi connectivity index (χ1v) is 5.63. The van der Waals surface area contributed by atoms with Crippen LogP contribution in [0, 0.1) is 12.1 Å². The van der Waals surface area contributed by atoms with E-state index in [1.54, 1.807) is 13.2 Å². The van der Waals surface area contributed by atoms with Gasteiger partial charge in [0.1, 0.15) is 11.6 Å². The number of nitrogens with zero attached hydrogens (tertiary/aromatic N) is 1. The van der Waals surface area contributed by atoms with Crippen LogP contribution in [0.5, 0.6) is 5.75 Å². The highest BCUT2D eigenvalue weighted by Crippen LogP contribution is 2.19. The Morgan fingerprint density at radius 3 is 2.81 bits per heavy atom. The van der Waals surface area contributed by atoms with Crippen molar-refractivity contribution < 1.29 is 14.2 Å². The van der Waals surface area contributed by atoms with Crippen LogP contribution in [0.3, 0.4) is 0 Å². The maximum atomic E-state index is 11.4. The molecule has 0 amide bonds. The standard InChI is InChI=1S/C11H16ClNO3/c1-9-10(8-12)13(14)5-4-11(9)16-7-3-6-15-2/h4-5H,3,6-8H2,1-2H3. The van der Waals surface area contributed by atoms with Gasteiger partial charge in [0.2, 0.25) is 5.69 Å². The predicted molar refractivity (Wildman–Crippen MR) is 61.7 cm³/mol. The average molecular weight is 246 g/mol. The molecule has 0 unspecified atom stereocenters. The summed E-state index contributed by atoms with van der Waals surface area (Å²) < 4.78 is 11.2. The summed E-state index contributed by atoms with van der Waals surface area (Å²) >= 11 is 5.70. The van der Waals surface area contributed by atoms with Gasteiger partial charge in [-0.25, -0.2) is 0 Å². The molecule has 1 aromatic rings. The lowest BCUT2D eigenvalue weighted by Gasteiger charge is -2.11. The Balaban J connectivity index is 2.66. The summed E-state index contributed by atoms with van der Waals surface area (Å²) in [6.45, 7) is 3.06. The van der Waals surface area contributed by atoms with Gasteiger partial charge in [0, 0.05) is 26.2 Å². The van der Waals surface area contributed by atoms with Crippen molar-refractivity contribution in [2.45, 2.75) is 19.2 Å². The van der Waals surface area contributed by atoms with Crippen LogP contribution in [0.15, 0.2) is 12.3 Å². The number of methoxy groups -OCH3 is 1. The number of hydrogen-bond donors (Lipinski definition) is 0. The van der Waals surface area contributed by atoms with E-state index in [4.69, 9.17) is 21.1 Å². The van der Waals surface area contributed by atoms with Gasteiger partial charge in [-0.05, 0) is 6.92 Å². The second kappa shape index (κ2) is 6.55. The summed E-state index contributed by atoms with van der Waals surface area (Å²) in [6, 6.07) is 1.66. The van der Waals surface area contributed by atoms with E-state index in [2.05, 4.69) is 0 Å². The van der Waals surface area contributed by atoms with Crippen LogP contribution in [-0.2, 0) is 10.6 Å². The molecule has 0 aromatic carbocycles. The third-order valence-corrected chi connectivity index (χ3v) is 2.56. The minimum absolute atomic E-state index is 0.185. The maximum absolute atomic E-state index is 11.4. The van der Waals surface area contributed by atoms with Gasteiger partial charge in [-0.1, -0.05) is 0 Å². The number of halogens is 1. The molecule has 5 heteroatoms. The number of aromatic nitrogens is 1. The molecule has 0 N–H and O–H groups in total. The third-order valence-electron chi connectivity index (χ3n) is 2.31. The van der Waals surface area contributed by atoms with Crippen molar-refractivity contribution in [2.75, 3.05) is 20.3 Å². The van der Waals surface area contributed by atoms with E-state index in [-0.39, 0.29) is 5.88 Å². The van der Waals surface area contributed by atoms with E-state index in [9.17, 15) is 5.21 Å². The average Bonchev–Trinajstić information content (AvgIpc) is 2.28. The molecule has 1 aromatic heterocycles. The zero-order chi connectivity index (χ0) is 12.0. The quantitative estimate of drug-likeness (QED) is 0.332. The molecular formula is C11H16ClNO3. The fourth-order valence-electron chi connectivity index (χ4n) is 1.36. The molecule has 0 fully saturated rings. The first kappa shape index (κ1) is 13.1. The number of alkyl halides is 1. The molecule has 0 aliphatic rings. The minimum Gasteiger partial charge on any atom is -0.618 e. The highest BCUT2D eigenvalue weighted by molar-refractivity contribution is 6.16. The topological polar surface area (TPSA) is 45.4 Å². The van der Waals surface area contributed by atoms with Gasteiger partial charge in [-0.2, -0.15) is 4.73 Å². The summed E-state index contributed by atoms with van der Waals surface area (Å²) in [5.74, 6) is 0.892. The molecule has 0 aliphatic carbocycles. The first-order chi connectivity index (χ1) is 7.70. The Morgan fingerprint density at radius 2 is 2.19 bits per heavy atom. The Labute approximate surface area is 100 Å². The van der Waals surface area contributed by atoms with Crippen LogP contribution in [0.25, 0.3) is 0 Å². The highest BCUT2D eigenvalue weighted by atomic mass is 35.5. The van der Waals surface area contributed by atoms with E-state index in [1.165, 1.54) is 6.20 Å². The Bertz CT molecular complexity index is 344. The predicted octanol–water partition coefficient (Wildman–Crippen LogP) is 1.78. The summed E-state index contributed by atoms with van der Waals surface area (Å²) in [4.78, 5) is 0. The fourth-order valence-corrected chi connectivity index (χ4v) is 1.68. The molecule has 90 valence electrons. The van der Waals surface area contributed by atoms with Crippen LogP contribution in [0.2, 0.25) is 0 Å². The number of ether oxygens (including phenoxy) is 2. The van der Waals surface area contributed by atoms with Crippen molar-refractivity contribution in [2.24, 2.45) is 0 Å². The van der Waals surface area contributed by atoms with Gasteiger partial charge >= 0.3 is 0 Å². The molecule has 1 rings (SSSR count). The van der Waals surface area contributed by atoms with E-state index < -0.39 is 0 Å². The van der Waals surface area contributed by atoms with Gasteiger partial charge < -0.3 is 14.7 Å². The van der Waals surface area contributed by atoms with E-state index >= 15 is 0 Å². The lowest BCUT2D eigenvalue weighted by atomic mass is 10.2. The van der Waals surface area contributed by atoms with Gasteiger partial charge in [0.25, 0.3) is 0 Å². The summed E-state index contributed by atoms with van der Waals surface area (Å²) in [7, 11) is 1.65. The minimum atomic E-state index is 0.185. The first-order valence-electron chi connectivity index (χ1n) is 5.10. The molecule has 1 heterocycles. The molecule has 0 saturated carbocycles. The fraction of sp³-hybridized carbons (Fsp3) is 0.545. The molecule has 4 nitrogen and oxygen atoms in total. The van der Waals surface area contributed by atoms with Crippen LogP contribution < -0.4 is 9.47 Å². The van der Waals surface area contributed by atoms with Crippen molar-refractivity contribution in [1.29, 1.82) is 0 Å². The van der Waals surface area contributed by atoms with Gasteiger partial charge in [0.05, 0.1) is 12.2 Å². The van der Waals surface area contributed by atoms with Crippen LogP contribution in [-0.4, -0.2) is 20.3 Å².